The van der Waals surface area contributed by atoms with E-state index in [1.54, 1.807) is 6.07 Å². The van der Waals surface area contributed by atoms with E-state index in [-0.39, 0.29) is 11.9 Å². The van der Waals surface area contributed by atoms with Gasteiger partial charge < -0.3 is 5.32 Å². The molecule has 0 saturated carbocycles. The maximum atomic E-state index is 14.2. The second-order valence-electron chi connectivity index (χ2n) is 5.40. The van der Waals surface area contributed by atoms with Gasteiger partial charge in [0.15, 0.2) is 0 Å². The van der Waals surface area contributed by atoms with Crippen LogP contribution in [0.25, 0.3) is 11.1 Å². The van der Waals surface area contributed by atoms with Crippen LogP contribution in [0.3, 0.4) is 0 Å². The number of benzene rings is 1. The van der Waals surface area contributed by atoms with E-state index < -0.39 is 0 Å². The fraction of sp³-hybridized carbons (Fsp3) is 0.471. The summed E-state index contributed by atoms with van der Waals surface area (Å²) in [6.07, 6.45) is 3.00. The molecular weight excluding hydrogens is 265 g/mol. The molecule has 21 heavy (non-hydrogen) atoms. The van der Waals surface area contributed by atoms with Gasteiger partial charge in [0.1, 0.15) is 5.82 Å². The lowest BCUT2D eigenvalue weighted by molar-refractivity contribution is 0.568. The highest BCUT2D eigenvalue weighted by atomic mass is 19.1. The van der Waals surface area contributed by atoms with Gasteiger partial charge in [0, 0.05) is 29.9 Å². The summed E-state index contributed by atoms with van der Waals surface area (Å²) in [6, 6.07) is 5.56. The van der Waals surface area contributed by atoms with Crippen LogP contribution < -0.4 is 5.32 Å². The SMILES string of the molecule is CCCNC(C)c1ccc(F)c(-c2cn(CC)nc2C)c1. The van der Waals surface area contributed by atoms with Crippen LogP contribution in [0.4, 0.5) is 4.39 Å². The smallest absolute Gasteiger partial charge is 0.131 e. The zero-order valence-electron chi connectivity index (χ0n) is 13.3. The van der Waals surface area contributed by atoms with Gasteiger partial charge in [-0.25, -0.2) is 4.39 Å². The minimum absolute atomic E-state index is 0.194. The van der Waals surface area contributed by atoms with Crippen molar-refractivity contribution in [2.75, 3.05) is 6.54 Å². The van der Waals surface area contributed by atoms with E-state index in [4.69, 9.17) is 0 Å². The highest BCUT2D eigenvalue weighted by molar-refractivity contribution is 5.66. The average Bonchev–Trinajstić information content (AvgIpc) is 2.86. The van der Waals surface area contributed by atoms with Gasteiger partial charge >= 0.3 is 0 Å². The number of nitrogens with zero attached hydrogens (tertiary/aromatic N) is 2. The average molecular weight is 289 g/mol. The van der Waals surface area contributed by atoms with Crippen LogP contribution in [0, 0.1) is 12.7 Å². The molecule has 4 heteroatoms. The van der Waals surface area contributed by atoms with Crippen molar-refractivity contribution in [3.05, 3.63) is 41.5 Å². The molecule has 0 aliphatic carbocycles. The van der Waals surface area contributed by atoms with Crippen molar-refractivity contribution in [1.82, 2.24) is 15.1 Å². The van der Waals surface area contributed by atoms with Crippen LogP contribution in [0.15, 0.2) is 24.4 Å². The Labute approximate surface area is 126 Å². The molecule has 1 heterocycles. The number of aromatic nitrogens is 2. The van der Waals surface area contributed by atoms with Crippen molar-refractivity contribution in [1.29, 1.82) is 0 Å². The second kappa shape index (κ2) is 6.85. The van der Waals surface area contributed by atoms with Gasteiger partial charge in [0.2, 0.25) is 0 Å². The van der Waals surface area contributed by atoms with Gasteiger partial charge in [-0.05, 0) is 51.4 Å². The maximum absolute atomic E-state index is 14.2. The number of nitrogens with one attached hydrogen (secondary N) is 1. The molecule has 0 fully saturated rings. The van der Waals surface area contributed by atoms with Crippen LogP contribution in [0.5, 0.6) is 0 Å². The first-order valence-electron chi connectivity index (χ1n) is 7.64. The zero-order chi connectivity index (χ0) is 15.4. The minimum Gasteiger partial charge on any atom is -0.310 e. The summed E-state index contributed by atoms with van der Waals surface area (Å²) < 4.78 is 16.0. The third-order valence-corrected chi connectivity index (χ3v) is 3.75. The number of halogens is 1. The van der Waals surface area contributed by atoms with Crippen molar-refractivity contribution >= 4 is 0 Å². The molecule has 1 atom stereocenters. The van der Waals surface area contributed by atoms with E-state index in [1.165, 1.54) is 0 Å². The van der Waals surface area contributed by atoms with Gasteiger partial charge in [-0.2, -0.15) is 5.10 Å². The van der Waals surface area contributed by atoms with Crippen molar-refractivity contribution in [2.45, 2.75) is 46.7 Å². The summed E-state index contributed by atoms with van der Waals surface area (Å²) in [5.74, 6) is -0.194. The van der Waals surface area contributed by atoms with Gasteiger partial charge in [-0.3, -0.25) is 4.68 Å². The molecule has 3 nitrogen and oxygen atoms in total. The Morgan fingerprint density at radius 2 is 2.05 bits per heavy atom. The van der Waals surface area contributed by atoms with Crippen LogP contribution in [0.2, 0.25) is 0 Å². The van der Waals surface area contributed by atoms with Crippen molar-refractivity contribution < 1.29 is 4.39 Å². The Morgan fingerprint density at radius 3 is 2.67 bits per heavy atom. The number of hydrogen-bond acceptors (Lipinski definition) is 2. The largest absolute Gasteiger partial charge is 0.310 e. The summed E-state index contributed by atoms with van der Waals surface area (Å²) in [5, 5.41) is 7.84. The molecule has 0 radical (unpaired) electrons. The molecule has 0 amide bonds. The Hall–Kier alpha value is -1.68. The van der Waals surface area contributed by atoms with Crippen molar-refractivity contribution in [3.63, 3.8) is 0 Å². The monoisotopic (exact) mass is 289 g/mol. The second-order valence-corrected chi connectivity index (χ2v) is 5.40. The number of aryl methyl sites for hydroxylation is 2. The van der Waals surface area contributed by atoms with Crippen molar-refractivity contribution in [2.24, 2.45) is 0 Å². The predicted molar refractivity (Wildman–Crippen MR) is 84.7 cm³/mol. The first kappa shape index (κ1) is 15.7. The maximum Gasteiger partial charge on any atom is 0.131 e. The lowest BCUT2D eigenvalue weighted by Crippen LogP contribution is -2.19. The van der Waals surface area contributed by atoms with Crippen LogP contribution in [-0.2, 0) is 6.54 Å². The molecule has 0 aliphatic rings. The molecule has 1 aromatic heterocycles. The van der Waals surface area contributed by atoms with E-state index in [2.05, 4.69) is 24.3 Å². The predicted octanol–water partition coefficient (Wildman–Crippen LogP) is 4.08. The summed E-state index contributed by atoms with van der Waals surface area (Å²) in [5.41, 5.74) is 3.47. The normalized spacial score (nSPS) is 12.6. The summed E-state index contributed by atoms with van der Waals surface area (Å²) >= 11 is 0. The molecule has 1 N–H and O–H groups in total. The van der Waals surface area contributed by atoms with E-state index in [9.17, 15) is 4.39 Å². The standard InChI is InChI=1S/C17H24FN3/c1-5-9-19-12(3)14-7-8-17(18)15(10-14)16-11-21(6-2)20-13(16)4/h7-8,10-12,19H,5-6,9H2,1-4H3. The minimum atomic E-state index is -0.194. The summed E-state index contributed by atoms with van der Waals surface area (Å²) in [4.78, 5) is 0. The summed E-state index contributed by atoms with van der Waals surface area (Å²) in [6.45, 7) is 9.94. The topological polar surface area (TPSA) is 29.9 Å². The lowest BCUT2D eigenvalue weighted by atomic mass is 10.00. The molecule has 1 unspecified atom stereocenters. The van der Waals surface area contributed by atoms with Crippen molar-refractivity contribution in [3.8, 4) is 11.1 Å². The Bertz CT molecular complexity index is 604. The third kappa shape index (κ3) is 3.50. The highest BCUT2D eigenvalue weighted by Crippen LogP contribution is 2.28. The molecule has 1 aromatic carbocycles. The van der Waals surface area contributed by atoms with Crippen LogP contribution in [-0.4, -0.2) is 16.3 Å². The van der Waals surface area contributed by atoms with Gasteiger partial charge in [-0.15, -0.1) is 0 Å². The lowest BCUT2D eigenvalue weighted by Gasteiger charge is -2.15. The van der Waals surface area contributed by atoms with Gasteiger partial charge in [0.25, 0.3) is 0 Å². The van der Waals surface area contributed by atoms with Gasteiger partial charge in [0.05, 0.1) is 5.69 Å². The molecule has 114 valence electrons. The van der Waals surface area contributed by atoms with E-state index in [0.29, 0.717) is 5.56 Å². The fourth-order valence-electron chi connectivity index (χ4n) is 2.44. The van der Waals surface area contributed by atoms with E-state index in [0.717, 1.165) is 36.3 Å². The first-order valence-corrected chi connectivity index (χ1v) is 7.64. The Kier molecular flexibility index (Phi) is 5.12. The zero-order valence-corrected chi connectivity index (χ0v) is 13.3. The van der Waals surface area contributed by atoms with E-state index in [1.807, 2.05) is 36.9 Å². The highest BCUT2D eigenvalue weighted by Gasteiger charge is 2.14. The summed E-state index contributed by atoms with van der Waals surface area (Å²) in [7, 11) is 0. The Balaban J connectivity index is 2.36. The van der Waals surface area contributed by atoms with Crippen LogP contribution >= 0.6 is 0 Å². The molecule has 0 aliphatic heterocycles. The van der Waals surface area contributed by atoms with Gasteiger partial charge in [-0.1, -0.05) is 13.0 Å². The fourth-order valence-corrected chi connectivity index (χ4v) is 2.44. The first-order chi connectivity index (χ1) is 10.1. The molecule has 2 rings (SSSR count). The third-order valence-electron chi connectivity index (χ3n) is 3.75. The molecule has 0 spiro atoms. The van der Waals surface area contributed by atoms with E-state index >= 15 is 0 Å². The molecule has 2 aromatic rings. The van der Waals surface area contributed by atoms with Crippen LogP contribution in [0.1, 0.15) is 44.5 Å². The number of rotatable bonds is 6. The molecule has 0 bridgehead atoms. The quantitative estimate of drug-likeness (QED) is 0.868. The Morgan fingerprint density at radius 1 is 1.29 bits per heavy atom. The molecular formula is C17H24FN3. The number of hydrogen-bond donors (Lipinski definition) is 1. The molecule has 0 saturated heterocycles.